The minimum atomic E-state index is -0.234. The molecule has 0 unspecified atom stereocenters. The lowest BCUT2D eigenvalue weighted by molar-refractivity contribution is -0.134. The zero-order valence-corrected chi connectivity index (χ0v) is 16.3. The Hall–Kier alpha value is -2.11. The molecule has 1 saturated carbocycles. The number of carbonyl (C=O) groups excluding carboxylic acids is 2. The van der Waals surface area contributed by atoms with Gasteiger partial charge in [0, 0.05) is 25.2 Å². The molecule has 26 heavy (non-hydrogen) atoms. The third-order valence-corrected chi connectivity index (χ3v) is 5.68. The number of hydrogen-bond donors (Lipinski definition) is 1. The first kappa shape index (κ1) is 18.7. The molecule has 142 valence electrons. The molecule has 1 aliphatic carbocycles. The van der Waals surface area contributed by atoms with Crippen LogP contribution in [0.3, 0.4) is 0 Å². The Morgan fingerprint density at radius 2 is 1.96 bits per heavy atom. The lowest BCUT2D eigenvalue weighted by Crippen LogP contribution is -2.47. The van der Waals surface area contributed by atoms with Crippen LogP contribution in [0.2, 0.25) is 0 Å². The number of nitrogens with zero attached hydrogens (tertiary/aromatic N) is 2. The third-order valence-electron chi connectivity index (χ3n) is 5.68. The molecule has 0 bridgehead atoms. The van der Waals surface area contributed by atoms with E-state index in [1.807, 2.05) is 4.90 Å². The first-order valence-electron chi connectivity index (χ1n) is 9.38. The molecular weight excluding hydrogens is 330 g/mol. The number of piperidine rings is 1. The van der Waals surface area contributed by atoms with Crippen LogP contribution in [0.5, 0.6) is 0 Å². The Balaban J connectivity index is 1.52. The summed E-state index contributed by atoms with van der Waals surface area (Å²) < 4.78 is 5.00. The molecule has 2 heterocycles. The van der Waals surface area contributed by atoms with Gasteiger partial charge in [-0.2, -0.15) is 0 Å². The predicted octanol–water partition coefficient (Wildman–Crippen LogP) is 2.94. The van der Waals surface area contributed by atoms with Crippen molar-refractivity contribution in [2.45, 2.75) is 53.5 Å². The van der Waals surface area contributed by atoms with E-state index in [1.165, 1.54) is 5.57 Å². The van der Waals surface area contributed by atoms with Gasteiger partial charge in [0.1, 0.15) is 0 Å². The lowest BCUT2D eigenvalue weighted by atomic mass is 10.0. The molecule has 2 atom stereocenters. The zero-order valence-electron chi connectivity index (χ0n) is 16.3. The second kappa shape index (κ2) is 6.89. The number of amides is 2. The van der Waals surface area contributed by atoms with Gasteiger partial charge in [-0.1, -0.05) is 30.7 Å². The maximum absolute atomic E-state index is 12.9. The van der Waals surface area contributed by atoms with Crippen LogP contribution in [0, 0.1) is 24.2 Å². The molecule has 3 rings (SSSR count). The van der Waals surface area contributed by atoms with Crippen molar-refractivity contribution in [2.24, 2.45) is 17.3 Å². The average molecular weight is 359 g/mol. The highest BCUT2D eigenvalue weighted by molar-refractivity contribution is 5.91. The van der Waals surface area contributed by atoms with E-state index in [0.717, 1.165) is 12.8 Å². The largest absolute Gasteiger partial charge is 0.351 e. The minimum absolute atomic E-state index is 0.0452. The van der Waals surface area contributed by atoms with Crippen LogP contribution in [0.15, 0.2) is 22.2 Å². The summed E-state index contributed by atoms with van der Waals surface area (Å²) in [6, 6.07) is 1.70. The van der Waals surface area contributed by atoms with Gasteiger partial charge in [0.15, 0.2) is 0 Å². The van der Waals surface area contributed by atoms with Crippen molar-refractivity contribution in [3.8, 4) is 0 Å². The summed E-state index contributed by atoms with van der Waals surface area (Å²) in [6.45, 7) is 11.7. The minimum Gasteiger partial charge on any atom is -0.351 e. The van der Waals surface area contributed by atoms with Gasteiger partial charge in [-0.3, -0.25) is 9.59 Å². The summed E-state index contributed by atoms with van der Waals surface area (Å²) in [5.41, 5.74) is 2.00. The number of aryl methyl sites for hydroxylation is 1. The lowest BCUT2D eigenvalue weighted by Gasteiger charge is -2.32. The van der Waals surface area contributed by atoms with Crippen molar-refractivity contribution in [1.82, 2.24) is 15.4 Å². The summed E-state index contributed by atoms with van der Waals surface area (Å²) in [6.07, 6.45) is 3.77. The van der Waals surface area contributed by atoms with Crippen LogP contribution in [0.1, 0.15) is 56.8 Å². The monoisotopic (exact) mass is 359 g/mol. The van der Waals surface area contributed by atoms with Crippen LogP contribution in [0.4, 0.5) is 0 Å². The summed E-state index contributed by atoms with van der Waals surface area (Å²) in [5, 5.41) is 6.72. The van der Waals surface area contributed by atoms with Crippen molar-refractivity contribution in [1.29, 1.82) is 0 Å². The highest BCUT2D eigenvalue weighted by atomic mass is 16.5. The number of nitrogens with one attached hydrogen (secondary N) is 1. The molecule has 1 N–H and O–H groups in total. The SMILES string of the molecule is CC(C)=C[C@@H]1[C@@H](C(=O)N2CCC(NC(=O)c3cc(C)no3)CC2)C1(C)C. The van der Waals surface area contributed by atoms with Crippen LogP contribution < -0.4 is 5.32 Å². The standard InChI is InChI=1S/C20H29N3O3/c1-12(2)10-15-17(20(15,4)5)19(25)23-8-6-14(7-9-23)21-18(24)16-11-13(3)22-26-16/h10-11,14-15,17H,6-9H2,1-5H3,(H,21,24)/t15-,17+/m1/s1. The highest BCUT2D eigenvalue weighted by Crippen LogP contribution is 2.60. The van der Waals surface area contributed by atoms with Crippen LogP contribution in [-0.4, -0.2) is 41.0 Å². The second-order valence-corrected chi connectivity index (χ2v) is 8.47. The average Bonchev–Trinajstić information content (AvgIpc) is 2.91. The summed E-state index contributed by atoms with van der Waals surface area (Å²) in [4.78, 5) is 27.0. The number of aromatic nitrogens is 1. The van der Waals surface area contributed by atoms with Gasteiger partial charge in [0.25, 0.3) is 5.91 Å². The van der Waals surface area contributed by atoms with Gasteiger partial charge in [-0.15, -0.1) is 0 Å². The maximum Gasteiger partial charge on any atom is 0.290 e. The molecule has 2 aliphatic rings. The van der Waals surface area contributed by atoms with Gasteiger partial charge in [0.05, 0.1) is 11.6 Å². The Morgan fingerprint density at radius 1 is 1.31 bits per heavy atom. The highest BCUT2D eigenvalue weighted by Gasteiger charge is 2.61. The van der Waals surface area contributed by atoms with Gasteiger partial charge in [-0.25, -0.2) is 0 Å². The fraction of sp³-hybridized carbons (Fsp3) is 0.650. The van der Waals surface area contributed by atoms with Crippen LogP contribution >= 0.6 is 0 Å². The first-order chi connectivity index (χ1) is 12.2. The Kier molecular flexibility index (Phi) is 4.95. The van der Waals surface area contributed by atoms with Crippen molar-refractivity contribution >= 4 is 11.8 Å². The van der Waals surface area contributed by atoms with Crippen LogP contribution in [-0.2, 0) is 4.79 Å². The molecule has 6 heteroatoms. The fourth-order valence-corrected chi connectivity index (χ4v) is 3.99. The molecule has 0 aromatic carbocycles. The van der Waals surface area contributed by atoms with E-state index in [-0.39, 0.29) is 34.9 Å². The third kappa shape index (κ3) is 3.69. The summed E-state index contributed by atoms with van der Waals surface area (Å²) >= 11 is 0. The number of allylic oxidation sites excluding steroid dienone is 2. The van der Waals surface area contributed by atoms with E-state index in [9.17, 15) is 9.59 Å². The second-order valence-electron chi connectivity index (χ2n) is 8.47. The molecule has 0 radical (unpaired) electrons. The van der Waals surface area contributed by atoms with E-state index >= 15 is 0 Å². The maximum atomic E-state index is 12.9. The molecule has 6 nitrogen and oxygen atoms in total. The van der Waals surface area contributed by atoms with Gasteiger partial charge in [-0.05, 0) is 44.9 Å². The van der Waals surface area contributed by atoms with E-state index < -0.39 is 0 Å². The zero-order chi connectivity index (χ0) is 19.1. The summed E-state index contributed by atoms with van der Waals surface area (Å²) in [7, 11) is 0. The Bertz CT molecular complexity index is 722. The van der Waals surface area contributed by atoms with Crippen molar-refractivity contribution in [3.63, 3.8) is 0 Å². The number of likely N-dealkylation sites (tertiary alicyclic amines) is 1. The normalized spacial score (nSPS) is 24.9. The first-order valence-corrected chi connectivity index (χ1v) is 9.38. The smallest absolute Gasteiger partial charge is 0.290 e. The van der Waals surface area contributed by atoms with Crippen LogP contribution in [0.25, 0.3) is 0 Å². The molecule has 1 aromatic heterocycles. The molecule has 1 aliphatic heterocycles. The van der Waals surface area contributed by atoms with E-state index in [0.29, 0.717) is 24.7 Å². The Morgan fingerprint density at radius 3 is 2.50 bits per heavy atom. The van der Waals surface area contributed by atoms with Crippen molar-refractivity contribution < 1.29 is 14.1 Å². The Labute approximate surface area is 155 Å². The number of carbonyl (C=O) groups is 2. The number of hydrogen-bond acceptors (Lipinski definition) is 4. The predicted molar refractivity (Wildman–Crippen MR) is 98.5 cm³/mol. The van der Waals surface area contributed by atoms with E-state index in [1.54, 1.807) is 13.0 Å². The van der Waals surface area contributed by atoms with Gasteiger partial charge >= 0.3 is 0 Å². The van der Waals surface area contributed by atoms with Gasteiger partial charge in [0.2, 0.25) is 11.7 Å². The molecule has 1 aromatic rings. The van der Waals surface area contributed by atoms with Crippen molar-refractivity contribution in [2.75, 3.05) is 13.1 Å². The topological polar surface area (TPSA) is 75.4 Å². The fourth-order valence-electron chi connectivity index (χ4n) is 3.99. The van der Waals surface area contributed by atoms with Crippen molar-refractivity contribution in [3.05, 3.63) is 29.2 Å². The quantitative estimate of drug-likeness (QED) is 0.839. The molecule has 1 saturated heterocycles. The molecule has 2 amide bonds. The molecular formula is C20H29N3O3. The number of rotatable bonds is 4. The summed E-state index contributed by atoms with van der Waals surface area (Å²) in [5.74, 6) is 0.689. The molecule has 2 fully saturated rings. The van der Waals surface area contributed by atoms with Gasteiger partial charge < -0.3 is 14.7 Å². The van der Waals surface area contributed by atoms with E-state index in [2.05, 4.69) is 44.2 Å². The van der Waals surface area contributed by atoms with E-state index in [4.69, 9.17) is 4.52 Å². The molecule has 0 spiro atoms.